The van der Waals surface area contributed by atoms with Gasteiger partial charge in [-0.1, -0.05) is 42.5 Å². The predicted octanol–water partition coefficient (Wildman–Crippen LogP) is 4.42. The third-order valence-corrected chi connectivity index (χ3v) is 11.1. The Hall–Kier alpha value is -3.61. The average molecular weight is 648 g/mol. The number of rotatable bonds is 12. The minimum atomic E-state index is -3.43. The molecule has 3 aromatic carbocycles. The highest BCUT2D eigenvalue weighted by molar-refractivity contribution is 7.89. The average Bonchev–Trinajstić information content (AvgIpc) is 3.50. The summed E-state index contributed by atoms with van der Waals surface area (Å²) in [4.78, 5) is 20.3. The number of amides is 1. The number of halogens is 1. The van der Waals surface area contributed by atoms with Gasteiger partial charge in [-0.3, -0.25) is 14.6 Å². The minimum Gasteiger partial charge on any atom is -0.379 e. The first-order valence-corrected chi connectivity index (χ1v) is 17.6. The first kappa shape index (κ1) is 32.3. The number of hydrogen-bond acceptors (Lipinski definition) is 6. The fraction of sp³-hybridized carbons (Fsp3) is 0.400. The van der Waals surface area contributed by atoms with Gasteiger partial charge in [-0.2, -0.15) is 0 Å². The maximum absolute atomic E-state index is 13.2. The molecule has 0 saturated carbocycles. The largest absolute Gasteiger partial charge is 0.379 e. The van der Waals surface area contributed by atoms with Gasteiger partial charge in [-0.25, -0.2) is 17.1 Å². The predicted molar refractivity (Wildman–Crippen MR) is 179 cm³/mol. The molecule has 3 heterocycles. The standard InChI is InChI=1S/C35H42FN5O4S/c36-30-8-6-26(7-9-30)25-40-16-14-39(15-17-40)18-19-45-20-21-46(43,44)41-12-10-28(11-13-41)33-24-38-34-31(33)22-29(23-32(34)35(37)42)27-4-2-1-3-5-27/h1-9,22-24,28,38H,10-21,25H2,(H2,37,42). The van der Waals surface area contributed by atoms with E-state index in [1.165, 1.54) is 12.1 Å². The number of hydrogen-bond donors (Lipinski definition) is 2. The number of ether oxygens (including phenoxy) is 1. The van der Waals surface area contributed by atoms with Crippen LogP contribution in [-0.4, -0.2) is 98.2 Å². The summed E-state index contributed by atoms with van der Waals surface area (Å²) in [6, 6.07) is 20.5. The van der Waals surface area contributed by atoms with E-state index in [0.29, 0.717) is 38.1 Å². The first-order chi connectivity index (χ1) is 22.3. The van der Waals surface area contributed by atoms with Crippen molar-refractivity contribution in [1.29, 1.82) is 0 Å². The van der Waals surface area contributed by atoms with E-state index in [4.69, 9.17) is 10.5 Å². The summed E-state index contributed by atoms with van der Waals surface area (Å²) >= 11 is 0. The molecule has 9 nitrogen and oxygen atoms in total. The molecule has 244 valence electrons. The summed E-state index contributed by atoms with van der Waals surface area (Å²) in [6.45, 7) is 6.85. The molecular weight excluding hydrogens is 605 g/mol. The number of fused-ring (bicyclic) bond motifs is 1. The van der Waals surface area contributed by atoms with Crippen molar-refractivity contribution in [2.75, 3.05) is 64.8 Å². The number of nitrogens with two attached hydrogens (primary N) is 1. The van der Waals surface area contributed by atoms with Crippen LogP contribution in [0.2, 0.25) is 0 Å². The molecule has 2 aliphatic rings. The zero-order chi connectivity index (χ0) is 32.1. The Morgan fingerprint density at radius 3 is 2.28 bits per heavy atom. The van der Waals surface area contributed by atoms with Crippen LogP contribution in [0.3, 0.4) is 0 Å². The second-order valence-electron chi connectivity index (χ2n) is 12.3. The SMILES string of the molecule is NC(=O)c1cc(-c2ccccc2)cc2c(C3CCN(S(=O)(=O)CCOCCN4CCN(Cc5ccc(F)cc5)CC4)CC3)c[nH]c12. The molecule has 2 aliphatic heterocycles. The summed E-state index contributed by atoms with van der Waals surface area (Å²) in [5, 5.41) is 0.958. The first-order valence-electron chi connectivity index (χ1n) is 16.0. The molecule has 3 N–H and O–H groups in total. The quantitative estimate of drug-likeness (QED) is 0.220. The normalized spacial score (nSPS) is 17.5. The second-order valence-corrected chi connectivity index (χ2v) is 14.4. The Morgan fingerprint density at radius 1 is 0.891 bits per heavy atom. The Bertz CT molecular complexity index is 1730. The molecule has 0 atom stereocenters. The van der Waals surface area contributed by atoms with Gasteiger partial charge in [0.2, 0.25) is 10.0 Å². The number of benzene rings is 3. The Labute approximate surface area is 270 Å². The lowest BCUT2D eigenvalue weighted by Crippen LogP contribution is -2.46. The number of carbonyl (C=O) groups excluding carboxylic acids is 1. The number of nitrogens with zero attached hydrogens (tertiary/aromatic N) is 3. The molecule has 0 bridgehead atoms. The van der Waals surface area contributed by atoms with Gasteiger partial charge in [0, 0.05) is 63.9 Å². The van der Waals surface area contributed by atoms with Crippen molar-refractivity contribution in [2.24, 2.45) is 5.73 Å². The maximum Gasteiger partial charge on any atom is 0.250 e. The highest BCUT2D eigenvalue weighted by Gasteiger charge is 2.30. The van der Waals surface area contributed by atoms with Crippen LogP contribution in [0.4, 0.5) is 4.39 Å². The summed E-state index contributed by atoms with van der Waals surface area (Å²) < 4.78 is 46.8. The van der Waals surface area contributed by atoms with E-state index in [0.717, 1.165) is 72.4 Å². The number of aromatic amines is 1. The molecule has 0 radical (unpaired) electrons. The number of carbonyl (C=O) groups is 1. The zero-order valence-corrected chi connectivity index (χ0v) is 26.9. The maximum atomic E-state index is 13.2. The van der Waals surface area contributed by atoms with Crippen LogP contribution >= 0.6 is 0 Å². The Morgan fingerprint density at radius 2 is 1.59 bits per heavy atom. The van der Waals surface area contributed by atoms with Crippen LogP contribution in [0.25, 0.3) is 22.0 Å². The molecule has 0 unspecified atom stereocenters. The summed E-state index contributed by atoms with van der Waals surface area (Å²) in [6.07, 6.45) is 3.34. The van der Waals surface area contributed by atoms with Crippen molar-refractivity contribution in [1.82, 2.24) is 19.1 Å². The van der Waals surface area contributed by atoms with E-state index in [9.17, 15) is 17.6 Å². The lowest BCUT2D eigenvalue weighted by Gasteiger charge is -2.34. The van der Waals surface area contributed by atoms with Gasteiger partial charge in [0.1, 0.15) is 5.82 Å². The smallest absolute Gasteiger partial charge is 0.250 e. The number of nitrogens with one attached hydrogen (secondary N) is 1. The highest BCUT2D eigenvalue weighted by Crippen LogP contribution is 2.37. The van der Waals surface area contributed by atoms with Crippen molar-refractivity contribution >= 4 is 26.8 Å². The summed E-state index contributed by atoms with van der Waals surface area (Å²) in [7, 11) is -3.43. The van der Waals surface area contributed by atoms with Gasteiger partial charge >= 0.3 is 0 Å². The van der Waals surface area contributed by atoms with Crippen molar-refractivity contribution < 1.29 is 22.3 Å². The molecule has 1 amide bonds. The van der Waals surface area contributed by atoms with Crippen LogP contribution < -0.4 is 5.73 Å². The van der Waals surface area contributed by atoms with Crippen LogP contribution in [0.1, 0.15) is 40.2 Å². The number of piperidine rings is 1. The molecule has 2 fully saturated rings. The monoisotopic (exact) mass is 647 g/mol. The Balaban J connectivity index is 0.957. The lowest BCUT2D eigenvalue weighted by molar-refractivity contribution is 0.0789. The third kappa shape index (κ3) is 7.67. The van der Waals surface area contributed by atoms with Crippen molar-refractivity contribution in [2.45, 2.75) is 25.3 Å². The van der Waals surface area contributed by atoms with Crippen LogP contribution in [0.15, 0.2) is 72.9 Å². The van der Waals surface area contributed by atoms with Gasteiger partial charge in [-0.05, 0) is 65.3 Å². The van der Waals surface area contributed by atoms with E-state index < -0.39 is 15.9 Å². The lowest BCUT2D eigenvalue weighted by atomic mass is 9.88. The van der Waals surface area contributed by atoms with Crippen molar-refractivity contribution in [3.8, 4) is 11.1 Å². The molecule has 0 aliphatic carbocycles. The van der Waals surface area contributed by atoms with E-state index in [1.807, 2.05) is 54.7 Å². The van der Waals surface area contributed by atoms with Gasteiger partial charge in [0.05, 0.1) is 30.0 Å². The zero-order valence-electron chi connectivity index (χ0n) is 26.0. The summed E-state index contributed by atoms with van der Waals surface area (Å²) in [5.74, 6) is -0.564. The number of sulfonamides is 1. The molecule has 2 saturated heterocycles. The molecule has 46 heavy (non-hydrogen) atoms. The highest BCUT2D eigenvalue weighted by atomic mass is 32.2. The van der Waals surface area contributed by atoms with Gasteiger partial charge in [-0.15, -0.1) is 0 Å². The summed E-state index contributed by atoms with van der Waals surface area (Å²) in [5.41, 5.74) is 11.1. The van der Waals surface area contributed by atoms with Crippen molar-refractivity contribution in [3.63, 3.8) is 0 Å². The number of H-pyrrole nitrogens is 1. The minimum absolute atomic E-state index is 0.0292. The molecular formula is C35H42FN5O4S. The second kappa shape index (κ2) is 14.4. The van der Waals surface area contributed by atoms with Gasteiger partial charge in [0.25, 0.3) is 5.91 Å². The van der Waals surface area contributed by atoms with E-state index in [2.05, 4.69) is 20.9 Å². The van der Waals surface area contributed by atoms with E-state index in [1.54, 1.807) is 4.31 Å². The molecule has 4 aromatic rings. The van der Waals surface area contributed by atoms with Crippen molar-refractivity contribution in [3.05, 3.63) is 95.4 Å². The number of primary amides is 1. The van der Waals surface area contributed by atoms with E-state index in [-0.39, 0.29) is 24.1 Å². The molecule has 11 heteroatoms. The molecule has 0 spiro atoms. The molecule has 6 rings (SSSR count). The van der Waals surface area contributed by atoms with E-state index >= 15 is 0 Å². The molecule has 1 aromatic heterocycles. The fourth-order valence-electron chi connectivity index (χ4n) is 6.64. The Kier molecular flexibility index (Phi) is 10.1. The third-order valence-electron chi connectivity index (χ3n) is 9.30. The van der Waals surface area contributed by atoms with Gasteiger partial charge < -0.3 is 15.5 Å². The van der Waals surface area contributed by atoms with Crippen LogP contribution in [0.5, 0.6) is 0 Å². The fourth-order valence-corrected chi connectivity index (χ4v) is 7.99. The number of aromatic nitrogens is 1. The topological polar surface area (TPSA) is 112 Å². The van der Waals surface area contributed by atoms with Crippen LogP contribution in [0, 0.1) is 5.82 Å². The van der Waals surface area contributed by atoms with Crippen LogP contribution in [-0.2, 0) is 21.3 Å². The number of piperazine rings is 1. The van der Waals surface area contributed by atoms with Gasteiger partial charge in [0.15, 0.2) is 0 Å².